The maximum absolute atomic E-state index is 10.8. The predicted octanol–water partition coefficient (Wildman–Crippen LogP) is 1.56. The molecule has 0 spiro atoms. The number of carbonyl (C=O) groups is 1. The molecule has 0 saturated carbocycles. The first-order valence-corrected chi connectivity index (χ1v) is 4.45. The van der Waals surface area contributed by atoms with Crippen molar-refractivity contribution in [1.82, 2.24) is 0 Å². The summed E-state index contributed by atoms with van der Waals surface area (Å²) in [4.78, 5) is 19.8. The molecular formula is C10H16O5. The molecule has 1 unspecified atom stereocenters. The van der Waals surface area contributed by atoms with Gasteiger partial charge < -0.3 is 9.47 Å². The zero-order valence-corrected chi connectivity index (χ0v) is 9.02. The highest BCUT2D eigenvalue weighted by Crippen LogP contribution is 1.95. The van der Waals surface area contributed by atoms with E-state index in [9.17, 15) is 4.79 Å². The van der Waals surface area contributed by atoms with Crippen molar-refractivity contribution in [2.75, 3.05) is 13.2 Å². The highest BCUT2D eigenvalue weighted by atomic mass is 17.2. The summed E-state index contributed by atoms with van der Waals surface area (Å²) in [6.07, 6.45) is 0.884. The van der Waals surface area contributed by atoms with Crippen LogP contribution >= 0.6 is 0 Å². The Morgan fingerprint density at radius 2 is 2.13 bits per heavy atom. The Morgan fingerprint density at radius 3 is 2.67 bits per heavy atom. The fraction of sp³-hybridized carbons (Fsp3) is 0.500. The summed E-state index contributed by atoms with van der Waals surface area (Å²) in [5, 5.41) is 0. The van der Waals surface area contributed by atoms with E-state index >= 15 is 0 Å². The quantitative estimate of drug-likeness (QED) is 0.154. The Balaban J connectivity index is 3.35. The van der Waals surface area contributed by atoms with Crippen LogP contribution in [0.4, 0.5) is 0 Å². The zero-order valence-electron chi connectivity index (χ0n) is 9.02. The third-order valence-corrected chi connectivity index (χ3v) is 1.29. The summed E-state index contributed by atoms with van der Waals surface area (Å²) >= 11 is 0. The third-order valence-electron chi connectivity index (χ3n) is 1.29. The van der Waals surface area contributed by atoms with E-state index in [1.54, 1.807) is 6.92 Å². The van der Waals surface area contributed by atoms with Crippen LogP contribution in [0.1, 0.15) is 13.8 Å². The molecule has 0 amide bonds. The van der Waals surface area contributed by atoms with Gasteiger partial charge in [0.15, 0.2) is 6.29 Å². The number of hydrogen-bond donors (Lipinski definition) is 0. The van der Waals surface area contributed by atoms with Gasteiger partial charge in [-0.3, -0.25) is 4.89 Å². The minimum Gasteiger partial charge on any atom is -0.473 e. The van der Waals surface area contributed by atoms with Crippen LogP contribution in [-0.4, -0.2) is 25.5 Å². The van der Waals surface area contributed by atoms with Gasteiger partial charge in [-0.15, -0.1) is 0 Å². The van der Waals surface area contributed by atoms with E-state index in [4.69, 9.17) is 9.47 Å². The van der Waals surface area contributed by atoms with Crippen molar-refractivity contribution in [1.29, 1.82) is 0 Å². The highest BCUT2D eigenvalue weighted by molar-refractivity contribution is 5.86. The van der Waals surface area contributed by atoms with Gasteiger partial charge in [-0.05, 0) is 13.8 Å². The minimum atomic E-state index is -0.592. The Hall–Kier alpha value is -1.33. The topological polar surface area (TPSA) is 54.0 Å². The lowest BCUT2D eigenvalue weighted by atomic mass is 10.4. The third kappa shape index (κ3) is 7.72. The molecule has 0 saturated heterocycles. The van der Waals surface area contributed by atoms with Crippen LogP contribution < -0.4 is 0 Å². The molecule has 0 N–H and O–H groups in total. The number of hydrogen-bond acceptors (Lipinski definition) is 5. The fourth-order valence-corrected chi connectivity index (χ4v) is 0.589. The lowest BCUT2D eigenvalue weighted by Gasteiger charge is -2.11. The van der Waals surface area contributed by atoms with Gasteiger partial charge in [-0.2, -0.15) is 4.89 Å². The van der Waals surface area contributed by atoms with Gasteiger partial charge in [0, 0.05) is 5.57 Å². The molecule has 86 valence electrons. The molecule has 5 nitrogen and oxygen atoms in total. The molecular weight excluding hydrogens is 200 g/mol. The first kappa shape index (κ1) is 13.7. The Kier molecular flexibility index (Phi) is 7.31. The number of carbonyl (C=O) groups excluding carboxylic acids is 1. The van der Waals surface area contributed by atoms with E-state index in [0.717, 1.165) is 0 Å². The molecule has 15 heavy (non-hydrogen) atoms. The summed E-state index contributed by atoms with van der Waals surface area (Å²) in [6, 6.07) is 0. The lowest BCUT2D eigenvalue weighted by Crippen LogP contribution is -2.15. The Bertz CT molecular complexity index is 224. The van der Waals surface area contributed by atoms with Crippen molar-refractivity contribution < 1.29 is 24.0 Å². The summed E-state index contributed by atoms with van der Waals surface area (Å²) < 4.78 is 9.96. The second-order valence-electron chi connectivity index (χ2n) is 2.71. The van der Waals surface area contributed by atoms with Crippen molar-refractivity contribution in [3.05, 3.63) is 25.0 Å². The minimum absolute atomic E-state index is 0.129. The van der Waals surface area contributed by atoms with Gasteiger partial charge >= 0.3 is 5.97 Å². The molecule has 0 aliphatic heterocycles. The molecule has 0 fully saturated rings. The Labute approximate surface area is 89.2 Å². The molecule has 0 aromatic carbocycles. The van der Waals surface area contributed by atoms with Gasteiger partial charge in [0.1, 0.15) is 6.61 Å². The van der Waals surface area contributed by atoms with Crippen LogP contribution in [0.15, 0.2) is 25.0 Å². The summed E-state index contributed by atoms with van der Waals surface area (Å²) in [5.41, 5.74) is 0.277. The van der Waals surface area contributed by atoms with Crippen molar-refractivity contribution in [3.63, 3.8) is 0 Å². The van der Waals surface area contributed by atoms with Crippen molar-refractivity contribution in [2.45, 2.75) is 20.1 Å². The van der Waals surface area contributed by atoms with Crippen molar-refractivity contribution in [2.24, 2.45) is 0 Å². The molecule has 0 aromatic heterocycles. The standard InChI is InChI=1S/C10H16O5/c1-5-12-9(4)13-6-7-14-15-10(11)8(2)3/h5,9H,1-2,6-7H2,3-4H3. The van der Waals surface area contributed by atoms with Gasteiger partial charge in [0.2, 0.25) is 0 Å². The zero-order chi connectivity index (χ0) is 11.7. The summed E-state index contributed by atoms with van der Waals surface area (Å²) in [5.74, 6) is -0.592. The van der Waals surface area contributed by atoms with E-state index in [-0.39, 0.29) is 18.8 Å². The average molecular weight is 216 g/mol. The van der Waals surface area contributed by atoms with Crippen LogP contribution in [0.25, 0.3) is 0 Å². The smallest absolute Gasteiger partial charge is 0.368 e. The van der Waals surface area contributed by atoms with Crippen LogP contribution in [0.3, 0.4) is 0 Å². The van der Waals surface area contributed by atoms with E-state index in [2.05, 4.69) is 22.9 Å². The van der Waals surface area contributed by atoms with Crippen LogP contribution in [0.5, 0.6) is 0 Å². The molecule has 0 aromatic rings. The second-order valence-corrected chi connectivity index (χ2v) is 2.71. The first-order valence-electron chi connectivity index (χ1n) is 4.45. The van der Waals surface area contributed by atoms with Gasteiger partial charge in [-0.1, -0.05) is 13.2 Å². The molecule has 1 atom stereocenters. The van der Waals surface area contributed by atoms with Gasteiger partial charge in [-0.25, -0.2) is 4.79 Å². The molecule has 0 heterocycles. The molecule has 0 bridgehead atoms. The van der Waals surface area contributed by atoms with E-state index < -0.39 is 12.3 Å². The van der Waals surface area contributed by atoms with E-state index in [1.165, 1.54) is 13.2 Å². The number of rotatable bonds is 8. The van der Waals surface area contributed by atoms with E-state index in [0.29, 0.717) is 0 Å². The first-order chi connectivity index (χ1) is 7.07. The molecule has 0 aliphatic rings. The largest absolute Gasteiger partial charge is 0.473 e. The average Bonchev–Trinajstić information content (AvgIpc) is 2.17. The normalized spacial score (nSPS) is 11.6. The summed E-state index contributed by atoms with van der Waals surface area (Å²) in [6.45, 7) is 10.4. The second kappa shape index (κ2) is 8.02. The van der Waals surface area contributed by atoms with Crippen LogP contribution in [-0.2, 0) is 24.0 Å². The van der Waals surface area contributed by atoms with Gasteiger partial charge in [0.25, 0.3) is 0 Å². The van der Waals surface area contributed by atoms with Crippen molar-refractivity contribution in [3.8, 4) is 0 Å². The maximum atomic E-state index is 10.8. The summed E-state index contributed by atoms with van der Waals surface area (Å²) in [7, 11) is 0. The number of ether oxygens (including phenoxy) is 2. The molecule has 0 rings (SSSR count). The maximum Gasteiger partial charge on any atom is 0.368 e. The molecule has 0 radical (unpaired) electrons. The fourth-order valence-electron chi connectivity index (χ4n) is 0.589. The van der Waals surface area contributed by atoms with E-state index in [1.807, 2.05) is 0 Å². The monoisotopic (exact) mass is 216 g/mol. The Morgan fingerprint density at radius 1 is 1.47 bits per heavy atom. The lowest BCUT2D eigenvalue weighted by molar-refractivity contribution is -0.276. The molecule has 5 heteroatoms. The van der Waals surface area contributed by atoms with Gasteiger partial charge in [0.05, 0.1) is 12.9 Å². The SMILES string of the molecule is C=COC(C)OCCOOC(=O)C(=C)C. The van der Waals surface area contributed by atoms with Crippen molar-refractivity contribution >= 4 is 5.97 Å². The highest BCUT2D eigenvalue weighted by Gasteiger charge is 2.04. The predicted molar refractivity (Wildman–Crippen MR) is 53.6 cm³/mol. The molecule has 0 aliphatic carbocycles. The van der Waals surface area contributed by atoms with Crippen LogP contribution in [0, 0.1) is 0 Å². The van der Waals surface area contributed by atoms with Crippen LogP contribution in [0.2, 0.25) is 0 Å².